The van der Waals surface area contributed by atoms with Gasteiger partial charge >= 0.3 is 23.0 Å². The Bertz CT molecular complexity index is 1790. The molecule has 5 aromatic carbocycles. The van der Waals surface area contributed by atoms with Crippen LogP contribution in [-0.4, -0.2) is 0 Å². The highest BCUT2D eigenvalue weighted by Gasteiger charge is 2.24. The predicted molar refractivity (Wildman–Crippen MR) is 188 cm³/mol. The standard InChI is InChI=1S/C40H26Br2O2/c41-35-26-34(32-23-39(29-17-9-3-10-18-29)44-40(24-32)30-19-11-4-12-20-30)36(42)25-33(35)31-21-37(27-13-5-1-6-14-27)43-38(22-31)28-15-7-2-8-16-28/h1-26H/q+2. The van der Waals surface area contributed by atoms with Gasteiger partial charge in [-0.2, -0.15) is 0 Å². The third-order valence-corrected chi connectivity index (χ3v) is 8.81. The second-order valence-corrected chi connectivity index (χ2v) is 12.1. The molecule has 0 atom stereocenters. The monoisotopic (exact) mass is 696 g/mol. The van der Waals surface area contributed by atoms with Crippen molar-refractivity contribution in [3.63, 3.8) is 0 Å². The minimum atomic E-state index is 0.804. The molecule has 0 aliphatic heterocycles. The van der Waals surface area contributed by atoms with E-state index in [0.29, 0.717) is 0 Å². The molecule has 2 aromatic heterocycles. The second-order valence-electron chi connectivity index (χ2n) is 10.4. The Morgan fingerprint density at radius 2 is 0.545 bits per heavy atom. The number of hydrogen-bond donors (Lipinski definition) is 0. The Hall–Kier alpha value is -4.64. The van der Waals surface area contributed by atoms with Gasteiger partial charge in [0.05, 0.1) is 46.5 Å². The molecule has 2 nitrogen and oxygen atoms in total. The van der Waals surface area contributed by atoms with Crippen molar-refractivity contribution in [3.05, 3.63) is 167 Å². The summed E-state index contributed by atoms with van der Waals surface area (Å²) in [6.07, 6.45) is 0. The van der Waals surface area contributed by atoms with E-state index >= 15 is 0 Å². The second kappa shape index (κ2) is 12.5. The third kappa shape index (κ3) is 5.92. The molecule has 0 unspecified atom stereocenters. The van der Waals surface area contributed by atoms with E-state index in [9.17, 15) is 0 Å². The summed E-state index contributed by atoms with van der Waals surface area (Å²) in [6.45, 7) is 0. The first-order valence-corrected chi connectivity index (χ1v) is 15.9. The average Bonchev–Trinajstić information content (AvgIpc) is 3.10. The van der Waals surface area contributed by atoms with Crippen LogP contribution in [-0.2, 0) is 0 Å². The minimum Gasteiger partial charge on any atom is -0.207 e. The molecule has 0 aliphatic carbocycles. The summed E-state index contributed by atoms with van der Waals surface area (Å²) in [5, 5.41) is 0. The van der Waals surface area contributed by atoms with Crippen LogP contribution in [0.25, 0.3) is 67.5 Å². The number of hydrogen-bond acceptors (Lipinski definition) is 0. The van der Waals surface area contributed by atoms with Crippen LogP contribution in [0.5, 0.6) is 0 Å². The molecule has 0 saturated carbocycles. The zero-order chi connectivity index (χ0) is 29.9. The van der Waals surface area contributed by atoms with Gasteiger partial charge in [0.25, 0.3) is 0 Å². The molecule has 7 rings (SSSR count). The van der Waals surface area contributed by atoms with E-state index in [2.05, 4.69) is 117 Å². The van der Waals surface area contributed by atoms with Crippen molar-refractivity contribution in [2.24, 2.45) is 0 Å². The van der Waals surface area contributed by atoms with Crippen LogP contribution in [0.15, 0.2) is 176 Å². The Morgan fingerprint density at radius 1 is 0.295 bits per heavy atom. The third-order valence-electron chi connectivity index (χ3n) is 7.50. The highest BCUT2D eigenvalue weighted by molar-refractivity contribution is 9.11. The highest BCUT2D eigenvalue weighted by atomic mass is 79.9. The van der Waals surface area contributed by atoms with Crippen LogP contribution in [0.4, 0.5) is 0 Å². The summed E-state index contributed by atoms with van der Waals surface area (Å²) < 4.78 is 14.8. The van der Waals surface area contributed by atoms with Gasteiger partial charge in [-0.25, -0.2) is 8.83 Å². The normalized spacial score (nSPS) is 11.0. The van der Waals surface area contributed by atoms with Crippen molar-refractivity contribution >= 4 is 31.9 Å². The van der Waals surface area contributed by atoms with Crippen LogP contribution in [0.3, 0.4) is 0 Å². The van der Waals surface area contributed by atoms with Gasteiger partial charge in [0, 0.05) is 20.1 Å². The lowest BCUT2D eigenvalue weighted by molar-refractivity contribution is 0.582. The maximum Gasteiger partial charge on any atom is 0.361 e. The molecule has 0 N–H and O–H groups in total. The summed E-state index contributed by atoms with van der Waals surface area (Å²) in [7, 11) is 0. The molecule has 0 aliphatic rings. The van der Waals surface area contributed by atoms with Crippen molar-refractivity contribution in [1.82, 2.24) is 0 Å². The smallest absolute Gasteiger partial charge is 0.207 e. The van der Waals surface area contributed by atoms with Gasteiger partial charge < -0.3 is 0 Å². The fraction of sp³-hybridized carbons (Fsp3) is 0. The number of benzene rings is 5. The number of halogens is 2. The summed E-state index contributed by atoms with van der Waals surface area (Å²) in [5.41, 5.74) is 8.29. The van der Waals surface area contributed by atoms with Crippen molar-refractivity contribution in [2.75, 3.05) is 0 Å². The van der Waals surface area contributed by atoms with Gasteiger partial charge in [0.15, 0.2) is 0 Å². The number of rotatable bonds is 6. The fourth-order valence-corrected chi connectivity index (χ4v) is 6.43. The van der Waals surface area contributed by atoms with Crippen LogP contribution in [0.2, 0.25) is 0 Å². The van der Waals surface area contributed by atoms with Crippen LogP contribution in [0.1, 0.15) is 0 Å². The molecule has 44 heavy (non-hydrogen) atoms. The molecular formula is C40H26Br2O2+2. The Kier molecular flexibility index (Phi) is 8.02. The van der Waals surface area contributed by atoms with E-state index < -0.39 is 0 Å². The Morgan fingerprint density at radius 3 is 0.795 bits per heavy atom. The van der Waals surface area contributed by atoms with Crippen molar-refractivity contribution in [1.29, 1.82) is 0 Å². The van der Waals surface area contributed by atoms with Gasteiger partial charge in [0.2, 0.25) is 0 Å². The SMILES string of the molecule is Brc1cc(-c2cc(-c3ccccc3)[o+]c(-c3ccccc3)c2)c(Br)cc1-c1cc(-c2ccccc2)[o+]c(-c2ccccc2)c1. The lowest BCUT2D eigenvalue weighted by Crippen LogP contribution is -1.90. The van der Waals surface area contributed by atoms with Crippen molar-refractivity contribution in [2.45, 2.75) is 0 Å². The van der Waals surface area contributed by atoms with Gasteiger partial charge in [0.1, 0.15) is 0 Å². The first-order valence-electron chi connectivity index (χ1n) is 14.3. The van der Waals surface area contributed by atoms with E-state index in [0.717, 1.165) is 76.5 Å². The molecule has 0 radical (unpaired) electrons. The van der Waals surface area contributed by atoms with Crippen LogP contribution in [0, 0.1) is 0 Å². The lowest BCUT2D eigenvalue weighted by Gasteiger charge is -2.11. The van der Waals surface area contributed by atoms with Crippen molar-refractivity contribution in [3.8, 4) is 67.5 Å². The molecule has 0 bridgehead atoms. The molecule has 0 spiro atoms. The molecule has 210 valence electrons. The summed E-state index contributed by atoms with van der Waals surface area (Å²) in [5.74, 6) is 3.22. The molecule has 4 heteroatoms. The first kappa shape index (κ1) is 28.1. The largest absolute Gasteiger partial charge is 0.361 e. The van der Waals surface area contributed by atoms with E-state index in [1.54, 1.807) is 0 Å². The Labute approximate surface area is 273 Å². The molecule has 0 saturated heterocycles. The maximum atomic E-state index is 6.45. The van der Waals surface area contributed by atoms with E-state index in [1.165, 1.54) is 0 Å². The van der Waals surface area contributed by atoms with Gasteiger partial charge in [-0.05, 0) is 71.8 Å². The molecule has 0 fully saturated rings. The van der Waals surface area contributed by atoms with Gasteiger partial charge in [-0.1, -0.05) is 105 Å². The highest BCUT2D eigenvalue weighted by Crippen LogP contribution is 2.42. The molecular weight excluding hydrogens is 672 g/mol. The lowest BCUT2D eigenvalue weighted by atomic mass is 9.97. The molecule has 7 aromatic rings. The van der Waals surface area contributed by atoms with Gasteiger partial charge in [-0.15, -0.1) is 0 Å². The predicted octanol–water partition coefficient (Wildman–Crippen LogP) is 13.0. The quantitative estimate of drug-likeness (QED) is 0.161. The first-order chi connectivity index (χ1) is 21.6. The summed E-state index contributed by atoms with van der Waals surface area (Å²) in [4.78, 5) is 0. The molecule has 2 heterocycles. The Balaban J connectivity index is 1.37. The summed E-state index contributed by atoms with van der Waals surface area (Å²) >= 11 is 7.86. The van der Waals surface area contributed by atoms with Gasteiger partial charge in [-0.3, -0.25) is 0 Å². The maximum absolute atomic E-state index is 6.45. The zero-order valence-electron chi connectivity index (χ0n) is 23.6. The minimum absolute atomic E-state index is 0.804. The molecule has 0 amide bonds. The van der Waals surface area contributed by atoms with E-state index in [-0.39, 0.29) is 0 Å². The van der Waals surface area contributed by atoms with Crippen molar-refractivity contribution < 1.29 is 8.83 Å². The summed E-state index contributed by atoms with van der Waals surface area (Å²) in [6, 6.07) is 53.6. The topological polar surface area (TPSA) is 22.6 Å². The van der Waals surface area contributed by atoms with Crippen LogP contribution >= 0.6 is 31.9 Å². The fourth-order valence-electron chi connectivity index (χ4n) is 5.28. The van der Waals surface area contributed by atoms with E-state index in [1.807, 2.05) is 72.8 Å². The average molecular weight is 698 g/mol. The zero-order valence-corrected chi connectivity index (χ0v) is 26.8. The van der Waals surface area contributed by atoms with E-state index in [4.69, 9.17) is 8.83 Å². The van der Waals surface area contributed by atoms with Crippen LogP contribution < -0.4 is 0 Å².